The highest BCUT2D eigenvalue weighted by molar-refractivity contribution is 7.15. The molecule has 1 saturated heterocycles. The van der Waals surface area contributed by atoms with E-state index in [0.29, 0.717) is 29.3 Å². The Bertz CT molecular complexity index is 742. The van der Waals surface area contributed by atoms with Crippen molar-refractivity contribution in [3.63, 3.8) is 0 Å². The molecule has 1 aromatic heterocycles. The Morgan fingerprint density at radius 2 is 2.11 bits per heavy atom. The summed E-state index contributed by atoms with van der Waals surface area (Å²) < 4.78 is 5.66. The summed E-state index contributed by atoms with van der Waals surface area (Å²) in [5, 5.41) is 3.56. The van der Waals surface area contributed by atoms with Crippen molar-refractivity contribution < 1.29 is 9.53 Å². The van der Waals surface area contributed by atoms with Gasteiger partial charge < -0.3 is 4.74 Å². The average molecular weight is 388 g/mol. The van der Waals surface area contributed by atoms with Gasteiger partial charge in [-0.2, -0.15) is 0 Å². The number of carbonyl (C=O) groups excluding carboxylic acids is 1. The lowest BCUT2D eigenvalue weighted by Crippen LogP contribution is -2.36. The van der Waals surface area contributed by atoms with Gasteiger partial charge in [0.1, 0.15) is 5.75 Å². The van der Waals surface area contributed by atoms with E-state index in [9.17, 15) is 4.79 Å². The van der Waals surface area contributed by atoms with E-state index in [-0.39, 0.29) is 5.91 Å². The van der Waals surface area contributed by atoms with E-state index in [1.807, 2.05) is 18.3 Å². The maximum absolute atomic E-state index is 12.4. The normalized spacial score (nSPS) is 17.9. The number of carbonyl (C=O) groups is 1. The number of aromatic nitrogens is 1. The monoisotopic (exact) mass is 387 g/mol. The minimum atomic E-state index is -0.141. The quantitative estimate of drug-likeness (QED) is 0.741. The SMILES string of the molecule is CC(C)COc1ccc(C(=O)Nc2ncc(CN3CCCCC3C)s2)cc1. The summed E-state index contributed by atoms with van der Waals surface area (Å²) in [6, 6.07) is 7.87. The molecule has 146 valence electrons. The van der Waals surface area contributed by atoms with Gasteiger partial charge in [-0.25, -0.2) is 4.98 Å². The van der Waals surface area contributed by atoms with Gasteiger partial charge in [-0.3, -0.25) is 15.0 Å². The highest BCUT2D eigenvalue weighted by Gasteiger charge is 2.19. The molecule has 3 rings (SSSR count). The van der Waals surface area contributed by atoms with Crippen LogP contribution in [0.3, 0.4) is 0 Å². The summed E-state index contributed by atoms with van der Waals surface area (Å²) in [4.78, 5) is 20.5. The predicted octanol–water partition coefficient (Wildman–Crippen LogP) is 4.80. The minimum Gasteiger partial charge on any atom is -0.493 e. The largest absolute Gasteiger partial charge is 0.493 e. The Labute approximate surface area is 165 Å². The number of amides is 1. The molecule has 0 saturated carbocycles. The average Bonchev–Trinajstić information content (AvgIpc) is 3.09. The Kier molecular flexibility index (Phi) is 6.85. The van der Waals surface area contributed by atoms with Crippen molar-refractivity contribution in [2.24, 2.45) is 5.92 Å². The number of nitrogens with zero attached hydrogens (tertiary/aromatic N) is 2. The van der Waals surface area contributed by atoms with Gasteiger partial charge in [0.05, 0.1) is 6.61 Å². The zero-order valence-electron chi connectivity index (χ0n) is 16.4. The summed E-state index contributed by atoms with van der Waals surface area (Å²) in [5.74, 6) is 1.12. The van der Waals surface area contributed by atoms with Crippen LogP contribution in [0.2, 0.25) is 0 Å². The van der Waals surface area contributed by atoms with Gasteiger partial charge in [-0.05, 0) is 56.5 Å². The van der Waals surface area contributed by atoms with Gasteiger partial charge in [0, 0.05) is 29.2 Å². The first-order valence-corrected chi connectivity index (χ1v) is 10.6. The fourth-order valence-corrected chi connectivity index (χ4v) is 4.00. The molecule has 1 aliphatic heterocycles. The van der Waals surface area contributed by atoms with Crippen LogP contribution in [0.25, 0.3) is 0 Å². The number of anilines is 1. The molecule has 2 aromatic rings. The Hall–Kier alpha value is -1.92. The topological polar surface area (TPSA) is 54.5 Å². The van der Waals surface area contributed by atoms with Crippen molar-refractivity contribution in [1.29, 1.82) is 0 Å². The third kappa shape index (κ3) is 5.78. The number of likely N-dealkylation sites (tertiary alicyclic amines) is 1. The van der Waals surface area contributed by atoms with Crippen LogP contribution in [-0.4, -0.2) is 35.0 Å². The van der Waals surface area contributed by atoms with Gasteiger partial charge in [-0.1, -0.05) is 20.3 Å². The summed E-state index contributed by atoms with van der Waals surface area (Å²) in [5.41, 5.74) is 0.605. The lowest BCUT2D eigenvalue weighted by atomic mass is 10.0. The van der Waals surface area contributed by atoms with Gasteiger partial charge >= 0.3 is 0 Å². The van der Waals surface area contributed by atoms with Gasteiger partial charge in [-0.15, -0.1) is 11.3 Å². The Morgan fingerprint density at radius 1 is 1.33 bits per heavy atom. The molecule has 1 aromatic carbocycles. The molecule has 6 heteroatoms. The van der Waals surface area contributed by atoms with Gasteiger partial charge in [0.25, 0.3) is 5.91 Å². The second kappa shape index (κ2) is 9.33. The molecule has 2 heterocycles. The summed E-state index contributed by atoms with van der Waals surface area (Å²) in [6.45, 7) is 9.23. The van der Waals surface area contributed by atoms with Crippen molar-refractivity contribution in [3.05, 3.63) is 40.9 Å². The van der Waals surface area contributed by atoms with Gasteiger partial charge in [0.2, 0.25) is 0 Å². The van der Waals surface area contributed by atoms with E-state index in [0.717, 1.165) is 18.8 Å². The number of piperidine rings is 1. The lowest BCUT2D eigenvalue weighted by molar-refractivity contribution is 0.102. The molecule has 27 heavy (non-hydrogen) atoms. The number of ether oxygens (including phenoxy) is 1. The predicted molar refractivity (Wildman–Crippen MR) is 111 cm³/mol. The highest BCUT2D eigenvalue weighted by Crippen LogP contribution is 2.24. The van der Waals surface area contributed by atoms with Crippen LogP contribution in [0, 0.1) is 5.92 Å². The van der Waals surface area contributed by atoms with Crippen LogP contribution in [-0.2, 0) is 6.54 Å². The van der Waals surface area contributed by atoms with Crippen molar-refractivity contribution in [1.82, 2.24) is 9.88 Å². The van der Waals surface area contributed by atoms with Crippen LogP contribution in [0.15, 0.2) is 30.5 Å². The number of rotatable bonds is 7. The smallest absolute Gasteiger partial charge is 0.257 e. The first kappa shape index (κ1) is 19.8. The zero-order valence-corrected chi connectivity index (χ0v) is 17.2. The third-order valence-electron chi connectivity index (χ3n) is 4.77. The van der Waals surface area contributed by atoms with E-state index in [2.05, 4.69) is 36.0 Å². The van der Waals surface area contributed by atoms with E-state index >= 15 is 0 Å². The number of hydrogen-bond donors (Lipinski definition) is 1. The van der Waals surface area contributed by atoms with Crippen molar-refractivity contribution in [3.8, 4) is 5.75 Å². The molecule has 5 nitrogen and oxygen atoms in total. The molecule has 1 atom stereocenters. The van der Waals surface area contributed by atoms with E-state index in [1.165, 1.54) is 24.1 Å². The molecule has 1 N–H and O–H groups in total. The highest BCUT2D eigenvalue weighted by atomic mass is 32.1. The molecule has 0 radical (unpaired) electrons. The zero-order chi connectivity index (χ0) is 19.2. The molecule has 0 spiro atoms. The molecule has 0 aliphatic carbocycles. The second-order valence-electron chi connectivity index (χ2n) is 7.63. The molecular formula is C21H29N3O2S. The molecule has 1 amide bonds. The Morgan fingerprint density at radius 3 is 2.81 bits per heavy atom. The van der Waals surface area contributed by atoms with Crippen molar-refractivity contribution >= 4 is 22.4 Å². The molecule has 0 bridgehead atoms. The van der Waals surface area contributed by atoms with E-state index < -0.39 is 0 Å². The summed E-state index contributed by atoms with van der Waals surface area (Å²) >= 11 is 1.56. The molecule has 1 fully saturated rings. The van der Waals surface area contributed by atoms with E-state index in [4.69, 9.17) is 4.74 Å². The van der Waals surface area contributed by atoms with Crippen LogP contribution >= 0.6 is 11.3 Å². The maximum atomic E-state index is 12.4. The molecular weight excluding hydrogens is 358 g/mol. The molecule has 1 unspecified atom stereocenters. The number of nitrogens with one attached hydrogen (secondary N) is 1. The number of hydrogen-bond acceptors (Lipinski definition) is 5. The third-order valence-corrected chi connectivity index (χ3v) is 5.67. The molecule has 1 aliphatic rings. The van der Waals surface area contributed by atoms with Crippen LogP contribution in [0.5, 0.6) is 5.75 Å². The lowest BCUT2D eigenvalue weighted by Gasteiger charge is -2.32. The van der Waals surface area contributed by atoms with Crippen LogP contribution in [0.1, 0.15) is 55.3 Å². The number of benzene rings is 1. The van der Waals surface area contributed by atoms with Gasteiger partial charge in [0.15, 0.2) is 5.13 Å². The first-order valence-electron chi connectivity index (χ1n) is 9.74. The Balaban J connectivity index is 1.54. The fourth-order valence-electron chi connectivity index (χ4n) is 3.17. The van der Waals surface area contributed by atoms with Crippen LogP contribution in [0.4, 0.5) is 5.13 Å². The number of thiazole rings is 1. The standard InChI is InChI=1S/C21H29N3O2S/c1-15(2)14-26-18-9-7-17(8-10-18)20(25)23-21-22-12-19(27-21)13-24-11-5-4-6-16(24)3/h7-10,12,15-16H,4-6,11,13-14H2,1-3H3,(H,22,23,25). The fraction of sp³-hybridized carbons (Fsp3) is 0.524. The maximum Gasteiger partial charge on any atom is 0.257 e. The van der Waals surface area contributed by atoms with Crippen LogP contribution < -0.4 is 10.1 Å². The minimum absolute atomic E-state index is 0.141. The summed E-state index contributed by atoms with van der Waals surface area (Å²) in [6.07, 6.45) is 5.73. The van der Waals surface area contributed by atoms with E-state index in [1.54, 1.807) is 23.5 Å². The van der Waals surface area contributed by atoms with Crippen molar-refractivity contribution in [2.45, 2.75) is 52.6 Å². The second-order valence-corrected chi connectivity index (χ2v) is 8.75. The summed E-state index contributed by atoms with van der Waals surface area (Å²) in [7, 11) is 0. The van der Waals surface area contributed by atoms with Crippen molar-refractivity contribution in [2.75, 3.05) is 18.5 Å². The first-order chi connectivity index (χ1) is 13.0.